The molecule has 0 radical (unpaired) electrons. The second-order valence-electron chi connectivity index (χ2n) is 5.90. The highest BCUT2D eigenvalue weighted by Crippen LogP contribution is 2.48. The van der Waals surface area contributed by atoms with Crippen molar-refractivity contribution in [1.82, 2.24) is 9.97 Å². The van der Waals surface area contributed by atoms with Gasteiger partial charge in [-0.15, -0.1) is 23.5 Å². The molecule has 120 valence electrons. The van der Waals surface area contributed by atoms with Gasteiger partial charge >= 0.3 is 0 Å². The van der Waals surface area contributed by atoms with E-state index in [1.54, 1.807) is 23.5 Å². The van der Waals surface area contributed by atoms with Gasteiger partial charge in [0.2, 0.25) is 0 Å². The van der Waals surface area contributed by atoms with Gasteiger partial charge in [0.1, 0.15) is 0 Å². The Hall–Kier alpha value is -1.04. The van der Waals surface area contributed by atoms with Crippen LogP contribution in [0.2, 0.25) is 0 Å². The number of thioether (sulfide) groups is 2. The normalized spacial score (nSPS) is 24.7. The summed E-state index contributed by atoms with van der Waals surface area (Å²) in [6.07, 6.45) is 2.43. The number of rotatable bonds is 0. The molecule has 3 nitrogen and oxygen atoms in total. The molecular weight excluding hydrogens is 324 g/mol. The van der Waals surface area contributed by atoms with Crippen LogP contribution in [0, 0.1) is 0 Å². The molecule has 5 heteroatoms. The second-order valence-corrected chi connectivity index (χ2v) is 8.13. The number of ether oxygens (including phenoxy) is 1. The second kappa shape index (κ2) is 7.24. The van der Waals surface area contributed by atoms with Gasteiger partial charge in [0, 0.05) is 34.7 Å². The van der Waals surface area contributed by atoms with E-state index < -0.39 is 0 Å². The first kappa shape index (κ1) is 15.5. The number of aromatic nitrogens is 2. The van der Waals surface area contributed by atoms with Crippen molar-refractivity contribution in [3.8, 4) is 0 Å². The van der Waals surface area contributed by atoms with Crippen molar-refractivity contribution in [1.29, 1.82) is 0 Å². The van der Waals surface area contributed by atoms with Crippen LogP contribution >= 0.6 is 23.5 Å². The van der Waals surface area contributed by atoms with Gasteiger partial charge in [-0.25, -0.2) is 9.97 Å². The molecule has 1 aliphatic heterocycles. The summed E-state index contributed by atoms with van der Waals surface area (Å²) in [5.41, 5.74) is 2.45. The number of nitrogens with zero attached hydrogens (tertiary/aromatic N) is 2. The fraction of sp³-hybridized carbons (Fsp3) is 0.444. The van der Waals surface area contributed by atoms with Crippen LogP contribution in [0.5, 0.6) is 0 Å². The molecule has 1 aliphatic carbocycles. The van der Waals surface area contributed by atoms with Gasteiger partial charge < -0.3 is 4.74 Å². The predicted octanol–water partition coefficient (Wildman–Crippen LogP) is 4.35. The third-order valence-electron chi connectivity index (χ3n) is 4.48. The van der Waals surface area contributed by atoms with Crippen LogP contribution in [-0.4, -0.2) is 34.7 Å². The van der Waals surface area contributed by atoms with Gasteiger partial charge in [0.15, 0.2) is 0 Å². The highest BCUT2D eigenvalue weighted by atomic mass is 32.2. The molecule has 23 heavy (non-hydrogen) atoms. The van der Waals surface area contributed by atoms with Crippen LogP contribution in [0.3, 0.4) is 0 Å². The van der Waals surface area contributed by atoms with Gasteiger partial charge in [-0.2, -0.15) is 0 Å². The van der Waals surface area contributed by atoms with E-state index in [0.717, 1.165) is 34.8 Å². The Kier molecular flexibility index (Phi) is 4.88. The lowest BCUT2D eigenvalue weighted by Crippen LogP contribution is -2.23. The predicted molar refractivity (Wildman–Crippen MR) is 95.5 cm³/mol. The molecule has 0 amide bonds. The van der Waals surface area contributed by atoms with Crippen molar-refractivity contribution in [2.45, 2.75) is 34.7 Å². The van der Waals surface area contributed by atoms with Crippen molar-refractivity contribution in [3.63, 3.8) is 0 Å². The van der Waals surface area contributed by atoms with Crippen molar-refractivity contribution < 1.29 is 4.74 Å². The molecule has 4 bridgehead atoms. The summed E-state index contributed by atoms with van der Waals surface area (Å²) >= 11 is 3.58. The first-order valence-electron chi connectivity index (χ1n) is 8.17. The molecule has 2 aromatic rings. The van der Waals surface area contributed by atoms with Crippen LogP contribution in [0.4, 0.5) is 0 Å². The van der Waals surface area contributed by atoms with Gasteiger partial charge in [0.05, 0.1) is 23.3 Å². The summed E-state index contributed by atoms with van der Waals surface area (Å²) < 4.78 is 5.71. The minimum absolute atomic E-state index is 0.518. The Morgan fingerprint density at radius 2 is 1.30 bits per heavy atom. The zero-order valence-electron chi connectivity index (χ0n) is 13.0. The first-order chi connectivity index (χ1) is 11.4. The van der Waals surface area contributed by atoms with Crippen molar-refractivity contribution in [3.05, 3.63) is 47.8 Å². The first-order valence-corrected chi connectivity index (χ1v) is 10.1. The maximum atomic E-state index is 5.71. The number of hydrogen-bond acceptors (Lipinski definition) is 5. The largest absolute Gasteiger partial charge is 0.380 e. The van der Waals surface area contributed by atoms with Crippen molar-refractivity contribution in [2.24, 2.45) is 0 Å². The standard InChI is InChI=1S/C18H20N2OS2/c1-3-15-13-7-8-14(13)16-4-2-6-18(20-16)23-12-10-21-9-11-22-17(5-1)19-15/h1-6,13-14H,7-12H2/t13-,14+. The average molecular weight is 345 g/mol. The molecule has 1 saturated carbocycles. The molecule has 0 unspecified atom stereocenters. The van der Waals surface area contributed by atoms with Crippen LogP contribution in [0.1, 0.15) is 36.1 Å². The lowest BCUT2D eigenvalue weighted by Gasteiger charge is -2.36. The Morgan fingerprint density at radius 3 is 1.78 bits per heavy atom. The third-order valence-corrected chi connectivity index (χ3v) is 6.27. The summed E-state index contributed by atoms with van der Waals surface area (Å²) in [6, 6.07) is 12.8. The zero-order chi connectivity index (χ0) is 15.5. The molecule has 0 N–H and O–H groups in total. The smallest absolute Gasteiger partial charge is 0.0964 e. The minimum Gasteiger partial charge on any atom is -0.380 e. The molecule has 4 rings (SSSR count). The number of pyridine rings is 2. The van der Waals surface area contributed by atoms with Gasteiger partial charge in [-0.3, -0.25) is 0 Å². The van der Waals surface area contributed by atoms with E-state index >= 15 is 0 Å². The SMILES string of the molecule is c1cc2nc(c1)[C@H]1CC[C@H]1c1cccc(n1)SCCOCCS2. The summed E-state index contributed by atoms with van der Waals surface area (Å²) in [6.45, 7) is 1.55. The lowest BCUT2D eigenvalue weighted by atomic mass is 9.70. The van der Waals surface area contributed by atoms with Gasteiger partial charge in [-0.05, 0) is 37.1 Å². The monoisotopic (exact) mass is 344 g/mol. The van der Waals surface area contributed by atoms with Crippen LogP contribution in [0.25, 0.3) is 0 Å². The molecule has 0 spiro atoms. The molecule has 0 aromatic carbocycles. The maximum Gasteiger partial charge on any atom is 0.0964 e. The van der Waals surface area contributed by atoms with Crippen molar-refractivity contribution in [2.75, 3.05) is 24.7 Å². The summed E-state index contributed by atoms with van der Waals surface area (Å²) in [7, 11) is 0. The van der Waals surface area contributed by atoms with Gasteiger partial charge in [0.25, 0.3) is 0 Å². The van der Waals surface area contributed by atoms with E-state index in [-0.39, 0.29) is 0 Å². The topological polar surface area (TPSA) is 35.0 Å². The Morgan fingerprint density at radius 1 is 0.783 bits per heavy atom. The van der Waals surface area contributed by atoms with E-state index in [2.05, 4.69) is 36.4 Å². The summed E-state index contributed by atoms with van der Waals surface area (Å²) in [5.74, 6) is 2.96. The Bertz CT molecular complexity index is 622. The van der Waals surface area contributed by atoms with E-state index in [9.17, 15) is 0 Å². The van der Waals surface area contributed by atoms with Gasteiger partial charge in [-0.1, -0.05) is 12.1 Å². The Balaban J connectivity index is 1.64. The minimum atomic E-state index is 0.518. The average Bonchev–Trinajstić information content (AvgIpc) is 2.53. The molecule has 1 fully saturated rings. The third kappa shape index (κ3) is 3.57. The highest BCUT2D eigenvalue weighted by molar-refractivity contribution is 7.99. The molecule has 0 saturated heterocycles. The van der Waals surface area contributed by atoms with E-state index in [4.69, 9.17) is 14.7 Å². The van der Waals surface area contributed by atoms with E-state index in [1.807, 2.05) is 0 Å². The van der Waals surface area contributed by atoms with Crippen LogP contribution in [-0.2, 0) is 4.74 Å². The van der Waals surface area contributed by atoms with E-state index in [1.165, 1.54) is 24.2 Å². The molecule has 2 atom stereocenters. The quantitative estimate of drug-likeness (QED) is 0.710. The molecule has 3 heterocycles. The lowest BCUT2D eigenvalue weighted by molar-refractivity contribution is 0.167. The van der Waals surface area contributed by atoms with E-state index in [0.29, 0.717) is 11.8 Å². The van der Waals surface area contributed by atoms with Crippen LogP contribution in [0.15, 0.2) is 46.5 Å². The Labute approximate surface area is 145 Å². The highest BCUT2D eigenvalue weighted by Gasteiger charge is 2.35. The van der Waals surface area contributed by atoms with Crippen LogP contribution < -0.4 is 0 Å². The summed E-state index contributed by atoms with van der Waals surface area (Å²) in [4.78, 5) is 9.76. The molecule has 2 aromatic heterocycles. The molecular formula is C18H20N2OS2. The maximum absolute atomic E-state index is 5.71. The molecule has 2 aliphatic rings. The fourth-order valence-corrected chi connectivity index (χ4v) is 4.67. The fourth-order valence-electron chi connectivity index (χ4n) is 3.16. The number of hydrogen-bond donors (Lipinski definition) is 0. The number of fused-ring (bicyclic) bond motifs is 7. The van der Waals surface area contributed by atoms with Crippen molar-refractivity contribution >= 4 is 23.5 Å². The zero-order valence-corrected chi connectivity index (χ0v) is 14.6. The summed E-state index contributed by atoms with van der Waals surface area (Å²) in [5, 5.41) is 2.23.